The molecule has 0 aliphatic heterocycles. The van der Waals surface area contributed by atoms with E-state index in [4.69, 9.17) is 11.5 Å². The minimum absolute atomic E-state index is 0.385. The molecule has 0 bridgehead atoms. The van der Waals surface area contributed by atoms with E-state index >= 15 is 0 Å². The van der Waals surface area contributed by atoms with Gasteiger partial charge in [-0.3, -0.25) is 0 Å². The average molecular weight is 505 g/mol. The minimum Gasteiger partial charge on any atom is -0.399 e. The molecule has 2 unspecified atom stereocenters. The Kier molecular flexibility index (Phi) is 8.94. The van der Waals surface area contributed by atoms with E-state index in [0.717, 1.165) is 37.1 Å². The molecule has 2 heteroatoms. The molecular formula is C36H44N2. The maximum absolute atomic E-state index is 6.02. The van der Waals surface area contributed by atoms with Crippen molar-refractivity contribution in [2.75, 3.05) is 11.5 Å². The van der Waals surface area contributed by atoms with Crippen LogP contribution in [-0.2, 0) is 0 Å². The lowest BCUT2D eigenvalue weighted by Gasteiger charge is -2.23. The van der Waals surface area contributed by atoms with Gasteiger partial charge in [-0.25, -0.2) is 0 Å². The molecule has 4 aromatic carbocycles. The Morgan fingerprint density at radius 1 is 0.500 bits per heavy atom. The normalized spacial score (nSPS) is 13.7. The smallest absolute Gasteiger partial charge is 0.0316 e. The fourth-order valence-corrected chi connectivity index (χ4v) is 6.19. The molecule has 0 amide bonds. The standard InChI is InChI=1S/C36H44N2/c1-6-9-36(28-14-10-26(11-15-28)32(7-2)34-20-18-30(37)22-24(34)4)29-16-12-27(13-17-29)33(8-3)35-21-19-31(38)23-25(35)5/h10-23,32-33,36H,6-9,37-38H2,1-5H3. The zero-order valence-electron chi connectivity index (χ0n) is 23.8. The predicted octanol–water partition coefficient (Wildman–Crippen LogP) is 9.48. The van der Waals surface area contributed by atoms with Crippen molar-refractivity contribution in [1.29, 1.82) is 0 Å². The van der Waals surface area contributed by atoms with Crippen LogP contribution in [0.5, 0.6) is 0 Å². The van der Waals surface area contributed by atoms with Gasteiger partial charge in [0.15, 0.2) is 0 Å². The summed E-state index contributed by atoms with van der Waals surface area (Å²) in [5.74, 6) is 1.17. The van der Waals surface area contributed by atoms with Gasteiger partial charge in [-0.15, -0.1) is 0 Å². The molecule has 2 atom stereocenters. The Bertz CT molecular complexity index is 1230. The van der Waals surface area contributed by atoms with E-state index in [0.29, 0.717) is 17.8 Å². The summed E-state index contributed by atoms with van der Waals surface area (Å²) in [6.07, 6.45) is 4.42. The third-order valence-corrected chi connectivity index (χ3v) is 8.21. The molecule has 0 aromatic heterocycles. The van der Waals surface area contributed by atoms with Crippen LogP contribution in [0.3, 0.4) is 0 Å². The van der Waals surface area contributed by atoms with Crippen molar-refractivity contribution >= 4 is 11.4 Å². The molecule has 198 valence electrons. The van der Waals surface area contributed by atoms with Crippen LogP contribution < -0.4 is 11.5 Å². The summed E-state index contributed by atoms with van der Waals surface area (Å²) < 4.78 is 0. The van der Waals surface area contributed by atoms with E-state index in [1.165, 1.54) is 44.5 Å². The molecule has 0 aliphatic carbocycles. The highest BCUT2D eigenvalue weighted by Gasteiger charge is 2.19. The van der Waals surface area contributed by atoms with Crippen molar-refractivity contribution in [3.8, 4) is 0 Å². The molecule has 0 radical (unpaired) electrons. The number of nitrogen functional groups attached to an aromatic ring is 2. The number of benzene rings is 4. The highest BCUT2D eigenvalue weighted by Crippen LogP contribution is 2.36. The molecule has 4 N–H and O–H groups in total. The van der Waals surface area contributed by atoms with Crippen LogP contribution in [0.1, 0.15) is 109 Å². The summed E-state index contributed by atoms with van der Waals surface area (Å²) in [5.41, 5.74) is 24.5. The Labute approximate surface area is 230 Å². The van der Waals surface area contributed by atoms with Crippen LogP contribution in [-0.4, -0.2) is 0 Å². The molecule has 0 saturated heterocycles. The molecule has 38 heavy (non-hydrogen) atoms. The number of nitrogens with two attached hydrogens (primary N) is 2. The van der Waals surface area contributed by atoms with Gasteiger partial charge in [-0.2, -0.15) is 0 Å². The second-order valence-corrected chi connectivity index (χ2v) is 10.8. The lowest BCUT2D eigenvalue weighted by molar-refractivity contribution is 0.695. The number of anilines is 2. The van der Waals surface area contributed by atoms with Crippen molar-refractivity contribution in [3.63, 3.8) is 0 Å². The first-order valence-corrected chi connectivity index (χ1v) is 14.3. The van der Waals surface area contributed by atoms with Crippen LogP contribution in [0.2, 0.25) is 0 Å². The highest BCUT2D eigenvalue weighted by molar-refractivity contribution is 5.49. The van der Waals surface area contributed by atoms with E-state index in [-0.39, 0.29) is 0 Å². The first-order chi connectivity index (χ1) is 18.4. The first kappa shape index (κ1) is 27.5. The van der Waals surface area contributed by atoms with Crippen LogP contribution in [0.25, 0.3) is 0 Å². The second-order valence-electron chi connectivity index (χ2n) is 10.8. The lowest BCUT2D eigenvalue weighted by Crippen LogP contribution is -2.06. The molecule has 0 saturated carbocycles. The Hall–Kier alpha value is -3.52. The van der Waals surface area contributed by atoms with Gasteiger partial charge in [0.05, 0.1) is 0 Å². The third-order valence-electron chi connectivity index (χ3n) is 8.21. The van der Waals surface area contributed by atoms with Crippen molar-refractivity contribution in [2.45, 2.75) is 78.1 Å². The quantitative estimate of drug-likeness (QED) is 0.211. The largest absolute Gasteiger partial charge is 0.399 e. The number of hydrogen-bond acceptors (Lipinski definition) is 2. The molecule has 0 heterocycles. The molecule has 0 fully saturated rings. The number of aryl methyl sites for hydroxylation is 2. The maximum atomic E-state index is 6.02. The lowest BCUT2D eigenvalue weighted by atomic mass is 9.82. The van der Waals surface area contributed by atoms with Crippen LogP contribution in [0.4, 0.5) is 11.4 Å². The van der Waals surface area contributed by atoms with Crippen LogP contribution in [0.15, 0.2) is 84.9 Å². The summed E-state index contributed by atoms with van der Waals surface area (Å²) in [6, 6.07) is 31.4. The van der Waals surface area contributed by atoms with Gasteiger partial charge in [0, 0.05) is 29.1 Å². The Morgan fingerprint density at radius 2 is 0.842 bits per heavy atom. The van der Waals surface area contributed by atoms with Crippen LogP contribution >= 0.6 is 0 Å². The summed E-state index contributed by atoms with van der Waals surface area (Å²) in [4.78, 5) is 0. The van der Waals surface area contributed by atoms with Crippen molar-refractivity contribution in [2.24, 2.45) is 0 Å². The van der Waals surface area contributed by atoms with Gasteiger partial charge in [0.2, 0.25) is 0 Å². The van der Waals surface area contributed by atoms with E-state index in [1.54, 1.807) is 0 Å². The van der Waals surface area contributed by atoms with E-state index < -0.39 is 0 Å². The molecule has 4 rings (SSSR count). The molecular weight excluding hydrogens is 460 g/mol. The van der Waals surface area contributed by atoms with Gasteiger partial charge in [-0.05, 0) is 102 Å². The highest BCUT2D eigenvalue weighted by atomic mass is 14.5. The second kappa shape index (κ2) is 12.3. The molecule has 4 aromatic rings. The summed E-state index contributed by atoms with van der Waals surface area (Å²) >= 11 is 0. The van der Waals surface area contributed by atoms with Gasteiger partial charge in [-0.1, -0.05) is 87.9 Å². The first-order valence-electron chi connectivity index (χ1n) is 14.3. The van der Waals surface area contributed by atoms with Gasteiger partial charge >= 0.3 is 0 Å². The van der Waals surface area contributed by atoms with E-state index in [2.05, 4.69) is 107 Å². The third kappa shape index (κ3) is 5.96. The molecule has 0 aliphatic rings. The van der Waals surface area contributed by atoms with Gasteiger partial charge < -0.3 is 11.5 Å². The predicted molar refractivity (Wildman–Crippen MR) is 165 cm³/mol. The number of hydrogen-bond donors (Lipinski definition) is 2. The zero-order chi connectivity index (χ0) is 27.2. The van der Waals surface area contributed by atoms with Crippen LogP contribution in [0, 0.1) is 13.8 Å². The average Bonchev–Trinajstić information content (AvgIpc) is 2.91. The van der Waals surface area contributed by atoms with Crippen molar-refractivity contribution in [3.05, 3.63) is 129 Å². The minimum atomic E-state index is 0.385. The fraction of sp³-hybridized carbons (Fsp3) is 0.333. The Balaban J connectivity index is 1.59. The van der Waals surface area contributed by atoms with E-state index in [9.17, 15) is 0 Å². The van der Waals surface area contributed by atoms with E-state index in [1.807, 2.05) is 12.1 Å². The van der Waals surface area contributed by atoms with Crippen molar-refractivity contribution in [1.82, 2.24) is 0 Å². The van der Waals surface area contributed by atoms with Crippen molar-refractivity contribution < 1.29 is 0 Å². The summed E-state index contributed by atoms with van der Waals surface area (Å²) in [6.45, 7) is 11.2. The fourth-order valence-electron chi connectivity index (χ4n) is 6.19. The molecule has 0 spiro atoms. The Morgan fingerprint density at radius 3 is 1.13 bits per heavy atom. The molecule has 2 nitrogen and oxygen atoms in total. The SMILES string of the molecule is CCCC(c1ccc(C(CC)c2ccc(N)cc2C)cc1)c1ccc(C(CC)c2ccc(N)cc2C)cc1. The zero-order valence-corrected chi connectivity index (χ0v) is 23.8. The summed E-state index contributed by atoms with van der Waals surface area (Å²) in [5, 5.41) is 0. The topological polar surface area (TPSA) is 52.0 Å². The monoisotopic (exact) mass is 504 g/mol. The maximum Gasteiger partial charge on any atom is 0.0316 e. The van der Waals surface area contributed by atoms with Gasteiger partial charge in [0.25, 0.3) is 0 Å². The van der Waals surface area contributed by atoms with Gasteiger partial charge in [0.1, 0.15) is 0 Å². The summed E-state index contributed by atoms with van der Waals surface area (Å²) in [7, 11) is 0. The number of rotatable bonds is 10.